The number of carbonyl (C=O) groups excluding carboxylic acids is 1. The Hall–Kier alpha value is -3.41. The van der Waals surface area contributed by atoms with Crippen molar-refractivity contribution in [2.24, 2.45) is 4.99 Å². The molecule has 0 saturated carbocycles. The summed E-state index contributed by atoms with van der Waals surface area (Å²) < 4.78 is 10.3. The van der Waals surface area contributed by atoms with Crippen LogP contribution in [0.3, 0.4) is 0 Å². The molecule has 6 nitrogen and oxygen atoms in total. The summed E-state index contributed by atoms with van der Waals surface area (Å²) in [5.74, 6) is 0.749. The number of aromatic nitrogens is 2. The lowest BCUT2D eigenvalue weighted by Crippen LogP contribution is -2.13. The van der Waals surface area contributed by atoms with Gasteiger partial charge in [-0.25, -0.2) is 4.79 Å². The Kier molecular flexibility index (Phi) is 5.21. The standard InChI is InChI=1S/C19H17N3O3/c1-24-16-9-7-14(8-10-16)13-25-19(23)21-17-11-12-20-22-18(17)15-5-3-2-4-6-15/h2-12H,13H2,1H3,(H,20,21,23). The molecule has 1 N–H and O–H groups in total. The van der Waals surface area contributed by atoms with E-state index < -0.39 is 6.09 Å². The first-order valence-corrected chi connectivity index (χ1v) is 7.70. The Labute approximate surface area is 144 Å². The summed E-state index contributed by atoms with van der Waals surface area (Å²) in [6, 6.07) is 18.5. The van der Waals surface area contributed by atoms with Gasteiger partial charge in [-0.2, -0.15) is 10.1 Å². The Morgan fingerprint density at radius 2 is 1.84 bits per heavy atom. The van der Waals surface area contributed by atoms with Crippen molar-refractivity contribution < 1.29 is 14.3 Å². The van der Waals surface area contributed by atoms with Crippen molar-refractivity contribution in [2.75, 3.05) is 7.11 Å². The Morgan fingerprint density at radius 1 is 1.08 bits per heavy atom. The quantitative estimate of drug-likeness (QED) is 0.793. The van der Waals surface area contributed by atoms with Gasteiger partial charge in [-0.1, -0.05) is 42.5 Å². The molecule has 1 amide bonds. The molecule has 0 aliphatic heterocycles. The zero-order valence-corrected chi connectivity index (χ0v) is 13.7. The van der Waals surface area contributed by atoms with E-state index in [2.05, 4.69) is 15.2 Å². The second kappa shape index (κ2) is 7.92. The van der Waals surface area contributed by atoms with E-state index in [1.165, 1.54) is 0 Å². The summed E-state index contributed by atoms with van der Waals surface area (Å²) in [5.41, 5.74) is 2.30. The predicted octanol–water partition coefficient (Wildman–Crippen LogP) is 3.32. The molecule has 3 rings (SSSR count). The number of hydrogen-bond donors (Lipinski definition) is 1. The van der Waals surface area contributed by atoms with Crippen molar-refractivity contribution in [3.63, 3.8) is 0 Å². The predicted molar refractivity (Wildman–Crippen MR) is 92.8 cm³/mol. The van der Waals surface area contributed by atoms with Gasteiger partial charge in [0.25, 0.3) is 0 Å². The first-order valence-electron chi connectivity index (χ1n) is 7.70. The minimum absolute atomic E-state index is 0.138. The molecule has 126 valence electrons. The van der Waals surface area contributed by atoms with E-state index in [0.717, 1.165) is 16.9 Å². The molecule has 0 fully saturated rings. The Morgan fingerprint density at radius 3 is 2.56 bits per heavy atom. The lowest BCUT2D eigenvalue weighted by atomic mass is 10.1. The van der Waals surface area contributed by atoms with Crippen LogP contribution in [0.2, 0.25) is 0 Å². The number of ether oxygens (including phenoxy) is 2. The average molecular weight is 335 g/mol. The van der Waals surface area contributed by atoms with E-state index in [-0.39, 0.29) is 6.61 Å². The third kappa shape index (κ3) is 4.32. The third-order valence-electron chi connectivity index (χ3n) is 3.52. The maximum atomic E-state index is 12.0. The molecular formula is C19H17N3O3. The zero-order chi connectivity index (χ0) is 17.5. The van der Waals surface area contributed by atoms with Crippen molar-refractivity contribution >= 4 is 6.09 Å². The van der Waals surface area contributed by atoms with Crippen LogP contribution in [0.4, 0.5) is 4.79 Å². The summed E-state index contributed by atoms with van der Waals surface area (Å²) in [6.45, 7) is 0.138. The molecule has 0 spiro atoms. The van der Waals surface area contributed by atoms with Crippen molar-refractivity contribution in [1.82, 2.24) is 10.2 Å². The Bertz CT molecular complexity index is 903. The van der Waals surface area contributed by atoms with Gasteiger partial charge < -0.3 is 9.47 Å². The van der Waals surface area contributed by atoms with E-state index >= 15 is 0 Å². The lowest BCUT2D eigenvalue weighted by Gasteiger charge is -2.04. The monoisotopic (exact) mass is 335 g/mol. The van der Waals surface area contributed by atoms with E-state index in [4.69, 9.17) is 9.47 Å². The summed E-state index contributed by atoms with van der Waals surface area (Å²) in [5, 5.41) is 7.42. The number of methoxy groups -OCH3 is 1. The highest BCUT2D eigenvalue weighted by molar-refractivity contribution is 5.69. The normalized spacial score (nSPS) is 11.2. The summed E-state index contributed by atoms with van der Waals surface area (Å²) in [6.07, 6.45) is 0.947. The number of carbonyl (C=O) groups is 1. The number of nitrogens with one attached hydrogen (secondary N) is 1. The minimum atomic E-state index is -0.666. The van der Waals surface area contributed by atoms with Crippen molar-refractivity contribution in [3.8, 4) is 17.0 Å². The largest absolute Gasteiger partial charge is 0.497 e. The van der Waals surface area contributed by atoms with Gasteiger partial charge in [-0.05, 0) is 23.8 Å². The molecule has 0 aliphatic carbocycles. The number of hydrogen-bond acceptors (Lipinski definition) is 4. The van der Waals surface area contributed by atoms with Gasteiger partial charge in [0.05, 0.1) is 7.11 Å². The van der Waals surface area contributed by atoms with E-state index in [9.17, 15) is 4.79 Å². The molecule has 0 aliphatic rings. The first-order chi connectivity index (χ1) is 12.3. The second-order valence-electron chi connectivity index (χ2n) is 5.19. The summed E-state index contributed by atoms with van der Waals surface area (Å²) in [7, 11) is 1.60. The van der Waals surface area contributed by atoms with Crippen LogP contribution in [0.15, 0.2) is 71.9 Å². The maximum absolute atomic E-state index is 12.0. The number of H-pyrrole nitrogens is 1. The second-order valence-corrected chi connectivity index (χ2v) is 5.19. The number of nitrogens with zero attached hydrogens (tertiary/aromatic N) is 2. The van der Waals surface area contributed by atoms with Gasteiger partial charge >= 0.3 is 6.09 Å². The topological polar surface area (TPSA) is 76.6 Å². The van der Waals surface area contributed by atoms with Gasteiger partial charge in [-0.3, -0.25) is 5.10 Å². The highest BCUT2D eigenvalue weighted by Crippen LogP contribution is 2.13. The zero-order valence-electron chi connectivity index (χ0n) is 13.7. The van der Waals surface area contributed by atoms with Gasteiger partial charge in [0.1, 0.15) is 23.4 Å². The molecule has 0 saturated heterocycles. The van der Waals surface area contributed by atoms with Crippen molar-refractivity contribution in [1.29, 1.82) is 0 Å². The molecule has 0 bridgehead atoms. The fourth-order valence-corrected chi connectivity index (χ4v) is 2.25. The van der Waals surface area contributed by atoms with Crippen LogP contribution in [-0.2, 0) is 11.3 Å². The molecule has 1 aromatic heterocycles. The molecule has 0 radical (unpaired) electrons. The van der Waals surface area contributed by atoms with Crippen LogP contribution in [0, 0.1) is 0 Å². The van der Waals surface area contributed by atoms with Crippen molar-refractivity contribution in [2.45, 2.75) is 6.61 Å². The van der Waals surface area contributed by atoms with E-state index in [0.29, 0.717) is 11.1 Å². The third-order valence-corrected chi connectivity index (χ3v) is 3.52. The SMILES string of the molecule is COc1ccc(COC(=O)N=c2cc[nH]nc2-c2ccccc2)cc1. The molecular weight excluding hydrogens is 318 g/mol. The van der Waals surface area contributed by atoms with E-state index in [1.807, 2.05) is 54.6 Å². The number of aromatic amines is 1. The molecule has 1 heterocycles. The molecule has 3 aromatic rings. The first kappa shape index (κ1) is 16.4. The lowest BCUT2D eigenvalue weighted by molar-refractivity contribution is 0.150. The van der Waals surface area contributed by atoms with Crippen molar-refractivity contribution in [3.05, 3.63) is 77.8 Å². The van der Waals surface area contributed by atoms with Crippen LogP contribution >= 0.6 is 0 Å². The van der Waals surface area contributed by atoms with Crippen LogP contribution in [0.5, 0.6) is 5.75 Å². The minimum Gasteiger partial charge on any atom is -0.497 e. The average Bonchev–Trinajstić information content (AvgIpc) is 2.68. The summed E-state index contributed by atoms with van der Waals surface area (Å²) in [4.78, 5) is 16.1. The van der Waals surface area contributed by atoms with Crippen LogP contribution in [-0.4, -0.2) is 23.4 Å². The number of rotatable bonds is 4. The summed E-state index contributed by atoms with van der Waals surface area (Å²) >= 11 is 0. The Balaban J connectivity index is 1.75. The number of amides is 1. The molecule has 0 atom stereocenters. The van der Waals surface area contributed by atoms with Crippen LogP contribution in [0.1, 0.15) is 5.56 Å². The van der Waals surface area contributed by atoms with Gasteiger partial charge in [0, 0.05) is 11.8 Å². The highest BCUT2D eigenvalue weighted by Gasteiger charge is 2.06. The smallest absolute Gasteiger partial charge is 0.434 e. The molecule has 6 heteroatoms. The van der Waals surface area contributed by atoms with Crippen LogP contribution < -0.4 is 10.1 Å². The highest BCUT2D eigenvalue weighted by atomic mass is 16.5. The van der Waals surface area contributed by atoms with Crippen LogP contribution in [0.25, 0.3) is 11.3 Å². The van der Waals surface area contributed by atoms with Gasteiger partial charge in [0.15, 0.2) is 0 Å². The fraction of sp³-hybridized carbons (Fsp3) is 0.105. The fourth-order valence-electron chi connectivity index (χ4n) is 2.25. The molecule has 0 unspecified atom stereocenters. The van der Waals surface area contributed by atoms with Gasteiger partial charge in [0.2, 0.25) is 0 Å². The number of benzene rings is 2. The molecule has 25 heavy (non-hydrogen) atoms. The van der Waals surface area contributed by atoms with Gasteiger partial charge in [-0.15, -0.1) is 0 Å². The molecule has 2 aromatic carbocycles. The maximum Gasteiger partial charge on any atom is 0.434 e. The van der Waals surface area contributed by atoms with E-state index in [1.54, 1.807) is 19.4 Å².